The molecule has 0 unspecified atom stereocenters. The lowest BCUT2D eigenvalue weighted by Gasteiger charge is -2.41. The highest BCUT2D eigenvalue weighted by molar-refractivity contribution is 5.88. The number of piperidine rings is 2. The molecule has 1 aromatic heterocycles. The van der Waals surface area contributed by atoms with Crippen molar-refractivity contribution in [2.45, 2.75) is 91.8 Å². The third-order valence-corrected chi connectivity index (χ3v) is 9.94. The molecular weight excluding hydrogens is 602 g/mol. The van der Waals surface area contributed by atoms with Gasteiger partial charge in [-0.25, -0.2) is 4.79 Å². The molecule has 0 amide bonds. The van der Waals surface area contributed by atoms with E-state index in [0.29, 0.717) is 23.8 Å². The molecule has 0 saturated carbocycles. The maximum atomic E-state index is 12.8. The molecule has 3 aromatic rings. The van der Waals surface area contributed by atoms with E-state index in [1.807, 2.05) is 52.8 Å². The zero-order valence-electron chi connectivity index (χ0n) is 30.3. The minimum absolute atomic E-state index is 0.243. The number of ether oxygens (including phenoxy) is 3. The van der Waals surface area contributed by atoms with Gasteiger partial charge in [-0.15, -0.1) is 0 Å². The first-order valence-corrected chi connectivity index (χ1v) is 17.5. The van der Waals surface area contributed by atoms with Crippen LogP contribution in [-0.2, 0) is 9.53 Å². The molecule has 0 radical (unpaired) electrons. The SMILES string of the molecule is COc1cccc(C2CCN(CCOc3ccc(-c4c(C)nc(C)c([C@H](OC(C)(C)C)C(=O)O)c4N4CCC(C)(C)CC4)cc3)CC2)c1. The van der Waals surface area contributed by atoms with E-state index < -0.39 is 17.7 Å². The van der Waals surface area contributed by atoms with E-state index in [0.717, 1.165) is 92.4 Å². The minimum Gasteiger partial charge on any atom is -0.497 e. The summed E-state index contributed by atoms with van der Waals surface area (Å²) >= 11 is 0. The van der Waals surface area contributed by atoms with Gasteiger partial charge in [0.25, 0.3) is 0 Å². The highest BCUT2D eigenvalue weighted by Crippen LogP contribution is 2.45. The van der Waals surface area contributed by atoms with Crippen LogP contribution in [0.5, 0.6) is 11.5 Å². The Bertz CT molecular complexity index is 1540. The van der Waals surface area contributed by atoms with Crippen molar-refractivity contribution >= 4 is 11.7 Å². The van der Waals surface area contributed by atoms with Gasteiger partial charge >= 0.3 is 5.97 Å². The smallest absolute Gasteiger partial charge is 0.337 e. The van der Waals surface area contributed by atoms with E-state index in [-0.39, 0.29) is 5.41 Å². The Kier molecular flexibility index (Phi) is 11.1. The van der Waals surface area contributed by atoms with E-state index in [1.165, 1.54) is 5.56 Å². The largest absolute Gasteiger partial charge is 0.497 e. The molecular formula is C40H55N3O5. The number of hydrogen-bond donors (Lipinski definition) is 1. The van der Waals surface area contributed by atoms with Gasteiger partial charge in [0.1, 0.15) is 18.1 Å². The number of likely N-dealkylation sites (tertiary alicyclic amines) is 1. The third kappa shape index (κ3) is 8.69. The number of benzene rings is 2. The van der Waals surface area contributed by atoms with Crippen LogP contribution in [0.2, 0.25) is 0 Å². The van der Waals surface area contributed by atoms with Crippen molar-refractivity contribution in [1.82, 2.24) is 9.88 Å². The highest BCUT2D eigenvalue weighted by Gasteiger charge is 2.36. The fraction of sp³-hybridized carbons (Fsp3) is 0.550. The Morgan fingerprint density at radius 1 is 0.979 bits per heavy atom. The van der Waals surface area contributed by atoms with Crippen LogP contribution in [0.25, 0.3) is 11.1 Å². The molecule has 0 bridgehead atoms. The molecule has 0 aliphatic carbocycles. The number of rotatable bonds is 11. The van der Waals surface area contributed by atoms with Crippen molar-refractivity contribution in [1.29, 1.82) is 0 Å². The zero-order chi connectivity index (χ0) is 34.6. The average Bonchev–Trinajstić information content (AvgIpc) is 3.04. The van der Waals surface area contributed by atoms with Crippen molar-refractivity contribution in [3.8, 4) is 22.6 Å². The van der Waals surface area contributed by atoms with Crippen LogP contribution in [-0.4, -0.2) is 73.0 Å². The van der Waals surface area contributed by atoms with Crippen LogP contribution in [0, 0.1) is 19.3 Å². The quantitative estimate of drug-likeness (QED) is 0.221. The number of hydrogen-bond acceptors (Lipinski definition) is 7. The standard InChI is InChI=1S/C40H55N3O5/c1-27-34(36(43-22-18-40(6,7)19-23-43)35(28(2)41-27)37(38(44)45)48-39(3,4)5)30-12-14-32(15-13-30)47-25-24-42-20-16-29(17-21-42)31-10-9-11-33(26-31)46-8/h9-15,26,29,37H,16-25H2,1-8H3,(H,44,45)/t37-/m0/s1. The van der Waals surface area contributed by atoms with Crippen LogP contribution in [0.3, 0.4) is 0 Å². The van der Waals surface area contributed by atoms with E-state index >= 15 is 0 Å². The van der Waals surface area contributed by atoms with Crippen LogP contribution in [0.1, 0.15) is 94.8 Å². The number of carboxylic acid groups (broad SMARTS) is 1. The number of anilines is 1. The molecule has 2 aliphatic rings. The summed E-state index contributed by atoms with van der Waals surface area (Å²) in [6.07, 6.45) is 3.18. The predicted molar refractivity (Wildman–Crippen MR) is 192 cm³/mol. The number of aryl methyl sites for hydroxylation is 2. The Hall–Kier alpha value is -3.62. The van der Waals surface area contributed by atoms with Crippen molar-refractivity contribution in [3.05, 3.63) is 71.0 Å². The van der Waals surface area contributed by atoms with Crippen molar-refractivity contribution < 1.29 is 24.1 Å². The summed E-state index contributed by atoms with van der Waals surface area (Å²) in [6, 6.07) is 16.7. The summed E-state index contributed by atoms with van der Waals surface area (Å²) in [4.78, 5) is 22.5. The second kappa shape index (κ2) is 14.9. The number of aromatic nitrogens is 1. The van der Waals surface area contributed by atoms with Gasteiger partial charge in [0.15, 0.2) is 6.10 Å². The molecule has 2 aromatic carbocycles. The Morgan fingerprint density at radius 2 is 1.65 bits per heavy atom. The maximum absolute atomic E-state index is 12.8. The summed E-state index contributed by atoms with van der Waals surface area (Å²) in [5.41, 5.74) is 6.06. The zero-order valence-corrected chi connectivity index (χ0v) is 30.3. The van der Waals surface area contributed by atoms with Gasteiger partial charge < -0.3 is 24.2 Å². The molecule has 5 rings (SSSR count). The number of pyridine rings is 1. The molecule has 8 nitrogen and oxygen atoms in total. The van der Waals surface area contributed by atoms with E-state index in [4.69, 9.17) is 19.2 Å². The van der Waals surface area contributed by atoms with Gasteiger partial charge in [0.05, 0.1) is 18.4 Å². The average molecular weight is 658 g/mol. The second-order valence-electron chi connectivity index (χ2n) is 15.3. The number of methoxy groups -OCH3 is 1. The first kappa shape index (κ1) is 35.7. The van der Waals surface area contributed by atoms with Gasteiger partial charge in [-0.1, -0.05) is 38.1 Å². The normalized spacial score (nSPS) is 18.0. The van der Waals surface area contributed by atoms with Crippen molar-refractivity contribution in [2.24, 2.45) is 5.41 Å². The molecule has 1 N–H and O–H groups in total. The molecule has 8 heteroatoms. The predicted octanol–water partition coefficient (Wildman–Crippen LogP) is 8.20. The summed E-state index contributed by atoms with van der Waals surface area (Å²) < 4.78 is 17.9. The lowest BCUT2D eigenvalue weighted by molar-refractivity contribution is -0.160. The number of nitrogens with zero attached hydrogens (tertiary/aromatic N) is 3. The number of carboxylic acids is 1. The molecule has 260 valence electrons. The van der Waals surface area contributed by atoms with Gasteiger partial charge in [-0.2, -0.15) is 0 Å². The van der Waals surface area contributed by atoms with Gasteiger partial charge in [-0.3, -0.25) is 9.88 Å². The van der Waals surface area contributed by atoms with E-state index in [1.54, 1.807) is 7.11 Å². The van der Waals surface area contributed by atoms with Crippen LogP contribution in [0.4, 0.5) is 5.69 Å². The van der Waals surface area contributed by atoms with Gasteiger partial charge in [0.2, 0.25) is 0 Å². The first-order valence-electron chi connectivity index (χ1n) is 17.5. The van der Waals surface area contributed by atoms with E-state index in [9.17, 15) is 9.90 Å². The van der Waals surface area contributed by atoms with Crippen LogP contribution < -0.4 is 14.4 Å². The van der Waals surface area contributed by atoms with Crippen LogP contribution >= 0.6 is 0 Å². The topological polar surface area (TPSA) is 84.4 Å². The molecule has 1 atom stereocenters. The number of carbonyl (C=O) groups is 1. The van der Waals surface area contributed by atoms with Gasteiger partial charge in [0, 0.05) is 42.1 Å². The molecule has 0 spiro atoms. The summed E-state index contributed by atoms with van der Waals surface area (Å²) in [7, 11) is 1.72. The third-order valence-electron chi connectivity index (χ3n) is 9.94. The summed E-state index contributed by atoms with van der Waals surface area (Å²) in [5.74, 6) is 1.31. The lowest BCUT2D eigenvalue weighted by Crippen LogP contribution is -2.39. The maximum Gasteiger partial charge on any atom is 0.337 e. The summed E-state index contributed by atoms with van der Waals surface area (Å²) in [6.45, 7) is 19.5. The Morgan fingerprint density at radius 3 is 2.25 bits per heavy atom. The second-order valence-corrected chi connectivity index (χ2v) is 15.3. The lowest BCUT2D eigenvalue weighted by atomic mass is 9.82. The molecule has 2 saturated heterocycles. The fourth-order valence-electron chi connectivity index (χ4n) is 7.15. The van der Waals surface area contributed by atoms with Gasteiger partial charge in [-0.05, 0) is 120 Å². The Labute approximate surface area is 287 Å². The van der Waals surface area contributed by atoms with Crippen LogP contribution in [0.15, 0.2) is 48.5 Å². The fourth-order valence-corrected chi connectivity index (χ4v) is 7.15. The molecule has 2 aliphatic heterocycles. The van der Waals surface area contributed by atoms with Crippen molar-refractivity contribution in [2.75, 3.05) is 51.3 Å². The summed E-state index contributed by atoms with van der Waals surface area (Å²) in [5, 5.41) is 10.5. The van der Waals surface area contributed by atoms with Crippen molar-refractivity contribution in [3.63, 3.8) is 0 Å². The number of aliphatic carboxylic acids is 1. The Balaban J connectivity index is 1.32. The molecule has 3 heterocycles. The van der Waals surface area contributed by atoms with E-state index in [2.05, 4.69) is 54.0 Å². The first-order chi connectivity index (χ1) is 22.7. The monoisotopic (exact) mass is 657 g/mol. The minimum atomic E-state index is -1.13. The molecule has 48 heavy (non-hydrogen) atoms. The highest BCUT2D eigenvalue weighted by atomic mass is 16.5. The molecule has 2 fully saturated rings.